The van der Waals surface area contributed by atoms with Crippen molar-refractivity contribution in [2.24, 2.45) is 0 Å². The van der Waals surface area contributed by atoms with Crippen molar-refractivity contribution in [1.82, 2.24) is 4.31 Å². The minimum absolute atomic E-state index is 0.118. The normalized spacial score (nSPS) is 11.7. The number of benzene rings is 2. The first kappa shape index (κ1) is 22.8. The summed E-state index contributed by atoms with van der Waals surface area (Å²) in [4.78, 5) is 23.6. The van der Waals surface area contributed by atoms with Gasteiger partial charge in [-0.25, -0.2) is 12.7 Å². The van der Waals surface area contributed by atoms with Crippen LogP contribution in [-0.2, 0) is 14.8 Å². The van der Waals surface area contributed by atoms with Crippen molar-refractivity contribution in [1.29, 1.82) is 0 Å². The Labute approximate surface area is 173 Å². The van der Waals surface area contributed by atoms with Crippen molar-refractivity contribution < 1.29 is 18.0 Å². The average molecular weight is 417 g/mol. The number of carbonyl (C=O) groups excluding carboxylic acids is 2. The summed E-state index contributed by atoms with van der Waals surface area (Å²) in [6, 6.07) is 13.6. The monoisotopic (exact) mass is 416 g/mol. The van der Waals surface area contributed by atoms with E-state index in [1.807, 2.05) is 24.3 Å². The Balaban J connectivity index is 1.89. The first-order chi connectivity index (χ1) is 13.6. The summed E-state index contributed by atoms with van der Waals surface area (Å²) in [7, 11) is -2.18. The van der Waals surface area contributed by atoms with Gasteiger partial charge in [0.1, 0.15) is 0 Å². The van der Waals surface area contributed by atoms with E-state index < -0.39 is 10.0 Å². The minimum Gasteiger partial charge on any atom is -0.326 e. The molecule has 0 atom stereocenters. The second kappa shape index (κ2) is 9.80. The molecular weight excluding hydrogens is 388 g/mol. The molecule has 29 heavy (non-hydrogen) atoms. The Morgan fingerprint density at radius 3 is 2.31 bits per heavy atom. The smallest absolute Gasteiger partial charge is 0.242 e. The largest absolute Gasteiger partial charge is 0.326 e. The number of nitrogens with zero attached hydrogens (tertiary/aromatic N) is 1. The standard InChI is InChI=1S/C22H28N2O4S/c1-16(2)19-7-5-8-20(15-19)23-22(26)9-6-14-24(4)29(27,28)21-12-10-18(11-13-21)17(3)25/h5,7-8,10-13,15-16H,6,9,14H2,1-4H3,(H,23,26). The summed E-state index contributed by atoms with van der Waals surface area (Å²) in [5.41, 5.74) is 2.35. The summed E-state index contributed by atoms with van der Waals surface area (Å²) in [6.07, 6.45) is 0.617. The lowest BCUT2D eigenvalue weighted by molar-refractivity contribution is -0.116. The zero-order valence-corrected chi connectivity index (χ0v) is 18.1. The fraction of sp³-hybridized carbons (Fsp3) is 0.364. The van der Waals surface area contributed by atoms with Crippen LogP contribution in [0.3, 0.4) is 0 Å². The predicted molar refractivity (Wildman–Crippen MR) is 115 cm³/mol. The van der Waals surface area contributed by atoms with Crippen LogP contribution in [-0.4, -0.2) is 38.0 Å². The number of Topliss-reactive ketones (excluding diaryl/α,β-unsaturated/α-hetero) is 1. The lowest BCUT2D eigenvalue weighted by Crippen LogP contribution is -2.28. The van der Waals surface area contributed by atoms with Gasteiger partial charge in [0.25, 0.3) is 0 Å². The molecule has 1 N–H and O–H groups in total. The maximum Gasteiger partial charge on any atom is 0.242 e. The van der Waals surface area contributed by atoms with Gasteiger partial charge in [0, 0.05) is 31.3 Å². The first-order valence-corrected chi connectivity index (χ1v) is 11.0. The van der Waals surface area contributed by atoms with Gasteiger partial charge in [-0.3, -0.25) is 9.59 Å². The Kier molecular flexibility index (Phi) is 7.70. The molecule has 6 nitrogen and oxygen atoms in total. The van der Waals surface area contributed by atoms with Crippen molar-refractivity contribution in [2.45, 2.75) is 44.4 Å². The molecule has 7 heteroatoms. The summed E-state index contributed by atoms with van der Waals surface area (Å²) in [5.74, 6) is 0.102. The number of hydrogen-bond donors (Lipinski definition) is 1. The second-order valence-electron chi connectivity index (χ2n) is 7.34. The van der Waals surface area contributed by atoms with Crippen LogP contribution in [0, 0.1) is 0 Å². The van der Waals surface area contributed by atoms with E-state index in [1.165, 1.54) is 42.5 Å². The van der Waals surface area contributed by atoms with E-state index in [9.17, 15) is 18.0 Å². The van der Waals surface area contributed by atoms with E-state index in [0.717, 1.165) is 11.3 Å². The molecule has 0 heterocycles. The summed E-state index contributed by atoms with van der Waals surface area (Å²) >= 11 is 0. The van der Waals surface area contributed by atoms with E-state index in [4.69, 9.17) is 0 Å². The van der Waals surface area contributed by atoms with Crippen LogP contribution in [0.1, 0.15) is 55.5 Å². The van der Waals surface area contributed by atoms with E-state index >= 15 is 0 Å². The molecule has 0 aliphatic heterocycles. The molecule has 0 saturated heterocycles. The topological polar surface area (TPSA) is 83.6 Å². The fourth-order valence-electron chi connectivity index (χ4n) is 2.82. The number of hydrogen-bond acceptors (Lipinski definition) is 4. The Morgan fingerprint density at radius 2 is 1.72 bits per heavy atom. The molecule has 0 spiro atoms. The van der Waals surface area contributed by atoms with Gasteiger partial charge >= 0.3 is 0 Å². The number of nitrogens with one attached hydrogen (secondary N) is 1. The molecule has 0 fully saturated rings. The molecule has 2 aromatic carbocycles. The maximum absolute atomic E-state index is 12.6. The molecule has 0 unspecified atom stereocenters. The van der Waals surface area contributed by atoms with Crippen LogP contribution < -0.4 is 5.32 Å². The number of amides is 1. The van der Waals surface area contributed by atoms with E-state index in [2.05, 4.69) is 19.2 Å². The summed E-state index contributed by atoms with van der Waals surface area (Å²) in [5, 5.41) is 2.86. The van der Waals surface area contributed by atoms with Crippen LogP contribution in [0.2, 0.25) is 0 Å². The highest BCUT2D eigenvalue weighted by atomic mass is 32.2. The molecule has 0 aliphatic carbocycles. The molecule has 0 bridgehead atoms. The van der Waals surface area contributed by atoms with Gasteiger partial charge in [-0.2, -0.15) is 0 Å². The second-order valence-corrected chi connectivity index (χ2v) is 9.38. The van der Waals surface area contributed by atoms with Crippen molar-refractivity contribution in [3.8, 4) is 0 Å². The lowest BCUT2D eigenvalue weighted by Gasteiger charge is -2.17. The molecule has 0 aromatic heterocycles. The van der Waals surface area contributed by atoms with Crippen LogP contribution in [0.15, 0.2) is 53.4 Å². The molecule has 1 amide bonds. The third-order valence-corrected chi connectivity index (χ3v) is 6.55. The highest BCUT2D eigenvalue weighted by Gasteiger charge is 2.20. The van der Waals surface area contributed by atoms with Gasteiger partial charge in [0.2, 0.25) is 15.9 Å². The van der Waals surface area contributed by atoms with Crippen LogP contribution in [0.25, 0.3) is 0 Å². The van der Waals surface area contributed by atoms with Crippen LogP contribution in [0.4, 0.5) is 5.69 Å². The van der Waals surface area contributed by atoms with E-state index in [-0.39, 0.29) is 29.6 Å². The van der Waals surface area contributed by atoms with Crippen molar-refractivity contribution >= 4 is 27.4 Å². The van der Waals surface area contributed by atoms with Crippen molar-refractivity contribution in [2.75, 3.05) is 18.9 Å². The number of anilines is 1. The zero-order valence-electron chi connectivity index (χ0n) is 17.3. The summed E-state index contributed by atoms with van der Waals surface area (Å²) < 4.78 is 26.5. The molecule has 2 aromatic rings. The number of carbonyl (C=O) groups is 2. The minimum atomic E-state index is -3.66. The quantitative estimate of drug-likeness (QED) is 0.625. The number of rotatable bonds is 9. The molecule has 0 aliphatic rings. The highest BCUT2D eigenvalue weighted by Crippen LogP contribution is 2.19. The molecule has 0 saturated carbocycles. The van der Waals surface area contributed by atoms with Gasteiger partial charge in [-0.1, -0.05) is 38.1 Å². The third kappa shape index (κ3) is 6.24. The van der Waals surface area contributed by atoms with Gasteiger partial charge in [0.15, 0.2) is 5.78 Å². The van der Waals surface area contributed by atoms with Gasteiger partial charge < -0.3 is 5.32 Å². The predicted octanol–water partition coefficient (Wildman–Crippen LogP) is 4.05. The average Bonchev–Trinajstić information content (AvgIpc) is 2.68. The molecule has 156 valence electrons. The Morgan fingerprint density at radius 1 is 1.07 bits per heavy atom. The number of ketones is 1. The van der Waals surface area contributed by atoms with Crippen molar-refractivity contribution in [3.05, 3.63) is 59.7 Å². The molecule has 2 rings (SSSR count). The van der Waals surface area contributed by atoms with Gasteiger partial charge in [-0.05, 0) is 49.1 Å². The van der Waals surface area contributed by atoms with Gasteiger partial charge in [0.05, 0.1) is 4.90 Å². The Bertz CT molecular complexity index is 967. The lowest BCUT2D eigenvalue weighted by atomic mass is 10.0. The van der Waals surface area contributed by atoms with E-state index in [0.29, 0.717) is 17.9 Å². The fourth-order valence-corrected chi connectivity index (χ4v) is 4.03. The highest BCUT2D eigenvalue weighted by molar-refractivity contribution is 7.89. The summed E-state index contributed by atoms with van der Waals surface area (Å²) in [6.45, 7) is 5.83. The third-order valence-electron chi connectivity index (χ3n) is 4.68. The van der Waals surface area contributed by atoms with Gasteiger partial charge in [-0.15, -0.1) is 0 Å². The number of sulfonamides is 1. The van der Waals surface area contributed by atoms with Crippen LogP contribution in [0.5, 0.6) is 0 Å². The SMILES string of the molecule is CC(=O)c1ccc(S(=O)(=O)N(C)CCCC(=O)Nc2cccc(C(C)C)c2)cc1. The Hall–Kier alpha value is -2.51. The first-order valence-electron chi connectivity index (χ1n) is 9.58. The van der Waals surface area contributed by atoms with E-state index in [1.54, 1.807) is 0 Å². The van der Waals surface area contributed by atoms with Crippen molar-refractivity contribution in [3.63, 3.8) is 0 Å². The molecule has 0 radical (unpaired) electrons. The zero-order chi connectivity index (χ0) is 21.6. The maximum atomic E-state index is 12.6. The molecular formula is C22H28N2O4S. The van der Waals surface area contributed by atoms with Crippen LogP contribution >= 0.6 is 0 Å².